The van der Waals surface area contributed by atoms with Gasteiger partial charge in [0.05, 0.1) is 22.5 Å². The third-order valence-electron chi connectivity index (χ3n) is 8.29. The fourth-order valence-electron chi connectivity index (χ4n) is 5.64. The maximum Gasteiger partial charge on any atom is 0.255 e. The van der Waals surface area contributed by atoms with Crippen molar-refractivity contribution in [1.82, 2.24) is 24.2 Å². The van der Waals surface area contributed by atoms with E-state index in [-0.39, 0.29) is 22.8 Å². The summed E-state index contributed by atoms with van der Waals surface area (Å²) in [6.45, 7) is 9.16. The van der Waals surface area contributed by atoms with Gasteiger partial charge in [-0.3, -0.25) is 14.1 Å². The molecule has 1 N–H and O–H groups in total. The molecule has 12 heteroatoms. The second-order valence-electron chi connectivity index (χ2n) is 12.2. The van der Waals surface area contributed by atoms with E-state index in [1.165, 1.54) is 24.5 Å². The van der Waals surface area contributed by atoms with Gasteiger partial charge in [-0.05, 0) is 89.4 Å². The first-order chi connectivity index (χ1) is 21.5. The van der Waals surface area contributed by atoms with Crippen LogP contribution in [0.1, 0.15) is 50.4 Å². The lowest BCUT2D eigenvalue weighted by molar-refractivity contribution is 0.0725. The number of imidazole rings is 1. The molecule has 3 heterocycles. The third kappa shape index (κ3) is 7.02. The lowest BCUT2D eigenvalue weighted by Crippen LogP contribution is -2.46. The Kier molecular flexibility index (Phi) is 9.56. The number of rotatable bonds is 9. The number of piperidine rings is 1. The molecule has 2 aromatic heterocycles. The highest BCUT2D eigenvalue weighted by Gasteiger charge is 2.27. The Balaban J connectivity index is 1.26. The standard InChI is InChI=1S/C33H36ClF2N7O2/c1-33(2,3)42-15-10-21(11-16-42)9-14-41(4)32(44)23-6-5-22(19-25(23)34)40-30-31-39-20-26(43(31)17-13-38-30)24-7-8-27(45-18-12-37)29(36)28(24)35/h5-8,13,17,19-21H,9-11,14-16,18H2,1-4H3,(H,38,40). The summed E-state index contributed by atoms with van der Waals surface area (Å²) in [6.07, 6.45) is 7.72. The van der Waals surface area contributed by atoms with Gasteiger partial charge >= 0.3 is 0 Å². The molecular weight excluding hydrogens is 600 g/mol. The lowest BCUT2D eigenvalue weighted by atomic mass is 9.90. The first-order valence-electron chi connectivity index (χ1n) is 14.8. The van der Waals surface area contributed by atoms with Gasteiger partial charge in [0.25, 0.3) is 5.91 Å². The van der Waals surface area contributed by atoms with E-state index in [9.17, 15) is 13.6 Å². The van der Waals surface area contributed by atoms with E-state index in [0.29, 0.717) is 45.9 Å². The molecule has 0 atom stereocenters. The van der Waals surface area contributed by atoms with Gasteiger partial charge in [0.2, 0.25) is 5.82 Å². The topological polar surface area (TPSA) is 98.8 Å². The van der Waals surface area contributed by atoms with Gasteiger partial charge in [-0.1, -0.05) is 11.6 Å². The van der Waals surface area contributed by atoms with Crippen LogP contribution in [0.15, 0.2) is 48.9 Å². The fraction of sp³-hybridized carbons (Fsp3) is 0.394. The predicted molar refractivity (Wildman–Crippen MR) is 170 cm³/mol. The van der Waals surface area contributed by atoms with Crippen LogP contribution in [-0.4, -0.2) is 68.9 Å². The molecule has 1 amide bonds. The van der Waals surface area contributed by atoms with E-state index >= 15 is 0 Å². The maximum atomic E-state index is 15.0. The lowest BCUT2D eigenvalue weighted by Gasteiger charge is -2.41. The molecule has 0 aliphatic carbocycles. The van der Waals surface area contributed by atoms with Crippen molar-refractivity contribution in [3.63, 3.8) is 0 Å². The zero-order valence-electron chi connectivity index (χ0n) is 25.8. The van der Waals surface area contributed by atoms with Crippen LogP contribution in [0.2, 0.25) is 5.02 Å². The van der Waals surface area contributed by atoms with E-state index in [0.717, 1.165) is 32.4 Å². The highest BCUT2D eigenvalue weighted by molar-refractivity contribution is 6.34. The molecule has 2 aromatic carbocycles. The number of ether oxygens (including phenoxy) is 1. The number of anilines is 2. The van der Waals surface area contributed by atoms with Crippen molar-refractivity contribution in [1.29, 1.82) is 5.26 Å². The Bertz CT molecular complexity index is 1740. The van der Waals surface area contributed by atoms with Crippen molar-refractivity contribution in [2.45, 2.75) is 45.6 Å². The highest BCUT2D eigenvalue weighted by Crippen LogP contribution is 2.32. The molecule has 1 fully saturated rings. The average Bonchev–Trinajstić information content (AvgIpc) is 3.45. The molecule has 0 radical (unpaired) electrons. The van der Waals surface area contributed by atoms with Gasteiger partial charge in [0.15, 0.2) is 29.6 Å². The van der Waals surface area contributed by atoms with Crippen molar-refractivity contribution in [2.75, 3.05) is 38.6 Å². The minimum Gasteiger partial charge on any atom is -0.476 e. The average molecular weight is 636 g/mol. The van der Waals surface area contributed by atoms with Crippen molar-refractivity contribution in [3.8, 4) is 23.1 Å². The first kappa shape index (κ1) is 32.1. The van der Waals surface area contributed by atoms with Crippen LogP contribution in [0.5, 0.6) is 5.75 Å². The number of nitrogens with zero attached hydrogens (tertiary/aromatic N) is 6. The molecule has 1 saturated heterocycles. The minimum absolute atomic E-state index is 0.0353. The summed E-state index contributed by atoms with van der Waals surface area (Å²) in [5.41, 5.74) is 1.78. The van der Waals surface area contributed by atoms with Crippen molar-refractivity contribution < 1.29 is 18.3 Å². The summed E-state index contributed by atoms with van der Waals surface area (Å²) < 4.78 is 36.1. The molecular formula is C33H36ClF2N7O2. The van der Waals surface area contributed by atoms with E-state index in [2.05, 4.69) is 41.0 Å². The van der Waals surface area contributed by atoms with Crippen molar-refractivity contribution in [2.24, 2.45) is 5.92 Å². The Labute approximate surface area is 266 Å². The van der Waals surface area contributed by atoms with Crippen LogP contribution in [0.25, 0.3) is 16.9 Å². The van der Waals surface area contributed by atoms with E-state index in [4.69, 9.17) is 21.6 Å². The summed E-state index contributed by atoms with van der Waals surface area (Å²) in [5.74, 6) is -1.86. The van der Waals surface area contributed by atoms with Crippen LogP contribution in [-0.2, 0) is 0 Å². The number of aromatic nitrogens is 3. The predicted octanol–water partition coefficient (Wildman–Crippen LogP) is 6.95. The van der Waals surface area contributed by atoms with Crippen LogP contribution in [0.3, 0.4) is 0 Å². The summed E-state index contributed by atoms with van der Waals surface area (Å²) in [5, 5.41) is 12.1. The van der Waals surface area contributed by atoms with Gasteiger partial charge in [0, 0.05) is 42.8 Å². The van der Waals surface area contributed by atoms with Gasteiger partial charge in [0.1, 0.15) is 6.07 Å². The van der Waals surface area contributed by atoms with E-state index in [1.54, 1.807) is 46.8 Å². The molecule has 4 aromatic rings. The van der Waals surface area contributed by atoms with Crippen LogP contribution < -0.4 is 10.1 Å². The minimum atomic E-state index is -1.19. The van der Waals surface area contributed by atoms with Gasteiger partial charge in [-0.2, -0.15) is 9.65 Å². The summed E-state index contributed by atoms with van der Waals surface area (Å²) in [6, 6.07) is 9.42. The fourth-order valence-corrected chi connectivity index (χ4v) is 5.90. The Morgan fingerprint density at radius 2 is 1.93 bits per heavy atom. The molecule has 1 aliphatic rings. The molecule has 0 saturated carbocycles. The number of carbonyl (C=O) groups is 1. The quantitative estimate of drug-likeness (QED) is 0.213. The molecule has 1 aliphatic heterocycles. The number of halogens is 3. The van der Waals surface area contributed by atoms with Crippen molar-refractivity contribution in [3.05, 3.63) is 71.1 Å². The number of nitrogens with one attached hydrogen (secondary N) is 1. The van der Waals surface area contributed by atoms with Crippen LogP contribution >= 0.6 is 11.6 Å². The van der Waals surface area contributed by atoms with Gasteiger partial charge < -0.3 is 15.0 Å². The van der Waals surface area contributed by atoms with E-state index in [1.807, 2.05) is 0 Å². The SMILES string of the molecule is CN(CCC1CCN(C(C)(C)C)CC1)C(=O)c1ccc(Nc2nccn3c(-c4ccc(OCC#N)c(F)c4F)cnc23)cc1Cl. The van der Waals surface area contributed by atoms with Gasteiger partial charge in [-0.25, -0.2) is 14.4 Å². The smallest absolute Gasteiger partial charge is 0.255 e. The number of carbonyl (C=O) groups excluding carboxylic acids is 1. The van der Waals surface area contributed by atoms with Crippen molar-refractivity contribution >= 4 is 34.7 Å². The Morgan fingerprint density at radius 1 is 1.18 bits per heavy atom. The zero-order valence-corrected chi connectivity index (χ0v) is 26.5. The number of hydrogen-bond donors (Lipinski definition) is 1. The normalized spacial score (nSPS) is 14.4. The second kappa shape index (κ2) is 13.4. The largest absolute Gasteiger partial charge is 0.476 e. The number of amides is 1. The zero-order chi connectivity index (χ0) is 32.3. The number of fused-ring (bicyclic) bond motifs is 1. The maximum absolute atomic E-state index is 15.0. The molecule has 45 heavy (non-hydrogen) atoms. The van der Waals surface area contributed by atoms with E-state index < -0.39 is 18.2 Å². The monoisotopic (exact) mass is 635 g/mol. The van der Waals surface area contributed by atoms with Crippen LogP contribution in [0, 0.1) is 28.9 Å². The number of nitriles is 1. The summed E-state index contributed by atoms with van der Waals surface area (Å²) in [7, 11) is 1.80. The molecule has 0 bridgehead atoms. The van der Waals surface area contributed by atoms with Gasteiger partial charge in [-0.15, -0.1) is 0 Å². The second-order valence-corrected chi connectivity index (χ2v) is 12.6. The Morgan fingerprint density at radius 3 is 2.62 bits per heavy atom. The number of likely N-dealkylation sites (tertiary alicyclic amines) is 1. The highest BCUT2D eigenvalue weighted by atomic mass is 35.5. The molecule has 5 rings (SSSR count). The molecule has 0 unspecified atom stereocenters. The van der Waals surface area contributed by atoms with Crippen LogP contribution in [0.4, 0.5) is 20.3 Å². The summed E-state index contributed by atoms with van der Waals surface area (Å²) >= 11 is 6.58. The molecule has 9 nitrogen and oxygen atoms in total. The third-order valence-corrected chi connectivity index (χ3v) is 8.60. The Hall–Kier alpha value is -4.27. The molecule has 0 spiro atoms. The number of benzene rings is 2. The first-order valence-corrected chi connectivity index (χ1v) is 15.2. The number of hydrogen-bond acceptors (Lipinski definition) is 7. The summed E-state index contributed by atoms with van der Waals surface area (Å²) in [4.78, 5) is 26.2. The molecule has 236 valence electrons.